The number of benzene rings is 1. The number of nitrogens with one attached hydrogen (secondary N) is 1. The summed E-state index contributed by atoms with van der Waals surface area (Å²) < 4.78 is 35.4. The lowest BCUT2D eigenvalue weighted by molar-refractivity contribution is 0.101. The third-order valence-corrected chi connectivity index (χ3v) is 5.41. The molecular formula is C18H17F2N5O2S. The fraction of sp³-hybridized carbons (Fsp3) is 0.278. The van der Waals surface area contributed by atoms with Crippen molar-refractivity contribution in [3.63, 3.8) is 0 Å². The van der Waals surface area contributed by atoms with Crippen molar-refractivity contribution in [3.05, 3.63) is 47.4 Å². The van der Waals surface area contributed by atoms with Gasteiger partial charge in [-0.05, 0) is 25.0 Å². The van der Waals surface area contributed by atoms with Crippen LogP contribution >= 0.6 is 11.3 Å². The molecule has 0 bridgehead atoms. The van der Waals surface area contributed by atoms with Crippen LogP contribution in [0.1, 0.15) is 35.1 Å². The number of carbonyl (C=O) groups excluding carboxylic acids is 1. The molecule has 0 radical (unpaired) electrons. The van der Waals surface area contributed by atoms with E-state index in [0.717, 1.165) is 42.0 Å². The lowest BCUT2D eigenvalue weighted by Gasteiger charge is -2.13. The molecule has 10 heteroatoms. The number of aryl methyl sites for hydroxylation is 1. The number of aromatic nitrogens is 3. The van der Waals surface area contributed by atoms with E-state index >= 15 is 0 Å². The molecule has 1 unspecified atom stereocenters. The second-order valence-corrected chi connectivity index (χ2v) is 7.38. The first kappa shape index (κ1) is 18.5. The van der Waals surface area contributed by atoms with Gasteiger partial charge in [-0.25, -0.2) is 13.8 Å². The minimum absolute atomic E-state index is 0.00351. The van der Waals surface area contributed by atoms with Crippen molar-refractivity contribution in [1.29, 1.82) is 0 Å². The molecule has 146 valence electrons. The predicted octanol–water partition coefficient (Wildman–Crippen LogP) is 3.51. The third-order valence-electron chi connectivity index (χ3n) is 4.51. The van der Waals surface area contributed by atoms with Gasteiger partial charge in [0, 0.05) is 13.7 Å². The number of nitrogen functional groups attached to an aromatic ring is 1. The Balaban J connectivity index is 1.63. The van der Waals surface area contributed by atoms with Crippen molar-refractivity contribution >= 4 is 27.9 Å². The minimum Gasteiger partial charge on any atom is -0.389 e. The van der Waals surface area contributed by atoms with Gasteiger partial charge >= 0.3 is 0 Å². The largest absolute Gasteiger partial charge is 0.389 e. The van der Waals surface area contributed by atoms with E-state index in [-0.39, 0.29) is 27.4 Å². The van der Waals surface area contributed by atoms with Crippen LogP contribution in [-0.2, 0) is 11.8 Å². The lowest BCUT2D eigenvalue weighted by Crippen LogP contribution is -2.16. The number of halogens is 2. The monoisotopic (exact) mass is 405 g/mol. The van der Waals surface area contributed by atoms with Gasteiger partial charge in [-0.1, -0.05) is 17.4 Å². The molecule has 7 nitrogen and oxygen atoms in total. The van der Waals surface area contributed by atoms with E-state index in [0.29, 0.717) is 12.3 Å². The van der Waals surface area contributed by atoms with Gasteiger partial charge in [-0.15, -0.1) is 0 Å². The van der Waals surface area contributed by atoms with Gasteiger partial charge in [0.2, 0.25) is 0 Å². The van der Waals surface area contributed by atoms with Gasteiger partial charge in [0.25, 0.3) is 5.91 Å². The number of nitrogens with zero attached hydrogens (tertiary/aromatic N) is 3. The third kappa shape index (κ3) is 3.25. The first-order chi connectivity index (χ1) is 13.5. The number of rotatable bonds is 4. The van der Waals surface area contributed by atoms with Crippen LogP contribution in [0.3, 0.4) is 0 Å². The average Bonchev–Trinajstić information content (AvgIpc) is 3.36. The fourth-order valence-corrected chi connectivity index (χ4v) is 4.08. The number of hydrogen-bond donors (Lipinski definition) is 2. The standard InChI is InChI=1S/C18H17F2N5O2S/c1-25-15(12-6-3-7-27-12)11(8-22-25)23-17(26)14-16(21)28-18(24-14)13-9(19)4-2-5-10(13)20/h2,4-5,8,12H,3,6-7,21H2,1H3,(H,23,26). The van der Waals surface area contributed by atoms with Crippen molar-refractivity contribution in [2.75, 3.05) is 17.7 Å². The zero-order valence-electron chi connectivity index (χ0n) is 14.9. The molecule has 1 amide bonds. The number of anilines is 2. The van der Waals surface area contributed by atoms with Crippen LogP contribution < -0.4 is 11.1 Å². The van der Waals surface area contributed by atoms with Gasteiger partial charge < -0.3 is 15.8 Å². The Bertz CT molecular complexity index is 1020. The van der Waals surface area contributed by atoms with Gasteiger partial charge in [-0.3, -0.25) is 9.48 Å². The van der Waals surface area contributed by atoms with Crippen LogP contribution in [0, 0.1) is 11.6 Å². The molecule has 4 rings (SSSR count). The van der Waals surface area contributed by atoms with Crippen LogP contribution in [0.4, 0.5) is 19.5 Å². The number of thiazole rings is 1. The Kier molecular flexibility index (Phi) is 4.82. The molecule has 1 aliphatic rings. The van der Waals surface area contributed by atoms with Crippen molar-refractivity contribution in [2.24, 2.45) is 7.05 Å². The maximum atomic E-state index is 14.0. The summed E-state index contributed by atoms with van der Waals surface area (Å²) in [5, 5.41) is 6.98. The topological polar surface area (TPSA) is 95.1 Å². The molecule has 1 atom stereocenters. The summed E-state index contributed by atoms with van der Waals surface area (Å²) in [5.74, 6) is -2.12. The van der Waals surface area contributed by atoms with E-state index in [1.165, 1.54) is 12.3 Å². The first-order valence-corrected chi connectivity index (χ1v) is 9.43. The Labute approximate surface area is 163 Å². The van der Waals surface area contributed by atoms with Gasteiger partial charge in [0.15, 0.2) is 5.69 Å². The summed E-state index contributed by atoms with van der Waals surface area (Å²) in [6, 6.07) is 3.51. The van der Waals surface area contributed by atoms with Gasteiger partial charge in [0.1, 0.15) is 27.7 Å². The van der Waals surface area contributed by atoms with Gasteiger partial charge in [-0.2, -0.15) is 5.10 Å². The van der Waals surface area contributed by atoms with E-state index < -0.39 is 17.5 Å². The van der Waals surface area contributed by atoms with E-state index in [9.17, 15) is 13.6 Å². The van der Waals surface area contributed by atoms with Crippen LogP contribution in [-0.4, -0.2) is 27.3 Å². The molecule has 2 aromatic heterocycles. The molecule has 28 heavy (non-hydrogen) atoms. The zero-order valence-corrected chi connectivity index (χ0v) is 15.7. The molecular weight excluding hydrogens is 388 g/mol. The second kappa shape index (κ2) is 7.28. The van der Waals surface area contributed by atoms with Crippen LogP contribution in [0.15, 0.2) is 24.4 Å². The molecule has 1 saturated heterocycles. The number of amides is 1. The van der Waals surface area contributed by atoms with E-state index in [2.05, 4.69) is 15.4 Å². The number of hydrogen-bond acceptors (Lipinski definition) is 6. The quantitative estimate of drug-likeness (QED) is 0.693. The highest BCUT2D eigenvalue weighted by atomic mass is 32.1. The smallest absolute Gasteiger partial charge is 0.277 e. The highest BCUT2D eigenvalue weighted by molar-refractivity contribution is 7.19. The Morgan fingerprint density at radius 2 is 2.14 bits per heavy atom. The number of carbonyl (C=O) groups is 1. The summed E-state index contributed by atoms with van der Waals surface area (Å²) in [7, 11) is 1.77. The molecule has 1 fully saturated rings. The van der Waals surface area contributed by atoms with Crippen molar-refractivity contribution in [3.8, 4) is 10.6 Å². The molecule has 3 aromatic rings. The Hall–Kier alpha value is -2.85. The molecule has 0 aliphatic carbocycles. The Morgan fingerprint density at radius 1 is 1.39 bits per heavy atom. The highest BCUT2D eigenvalue weighted by Crippen LogP contribution is 2.35. The summed E-state index contributed by atoms with van der Waals surface area (Å²) >= 11 is 0.850. The summed E-state index contributed by atoms with van der Waals surface area (Å²) in [6.45, 7) is 0.653. The molecule has 3 N–H and O–H groups in total. The van der Waals surface area contributed by atoms with E-state index in [1.54, 1.807) is 11.7 Å². The van der Waals surface area contributed by atoms with Crippen molar-refractivity contribution in [2.45, 2.75) is 18.9 Å². The summed E-state index contributed by atoms with van der Waals surface area (Å²) in [4.78, 5) is 16.8. The molecule has 0 saturated carbocycles. The van der Waals surface area contributed by atoms with Crippen molar-refractivity contribution < 1.29 is 18.3 Å². The first-order valence-electron chi connectivity index (χ1n) is 8.61. The normalized spacial score (nSPS) is 16.5. The zero-order chi connectivity index (χ0) is 19.8. The fourth-order valence-electron chi connectivity index (χ4n) is 3.20. The average molecular weight is 405 g/mol. The van der Waals surface area contributed by atoms with Gasteiger partial charge in [0.05, 0.1) is 23.1 Å². The Morgan fingerprint density at radius 3 is 2.82 bits per heavy atom. The van der Waals surface area contributed by atoms with E-state index in [4.69, 9.17) is 10.5 Å². The predicted molar refractivity (Wildman–Crippen MR) is 101 cm³/mol. The van der Waals surface area contributed by atoms with E-state index in [1.807, 2.05) is 0 Å². The lowest BCUT2D eigenvalue weighted by atomic mass is 10.1. The van der Waals surface area contributed by atoms with Crippen LogP contribution in [0.2, 0.25) is 0 Å². The highest BCUT2D eigenvalue weighted by Gasteiger charge is 2.27. The SMILES string of the molecule is Cn1ncc(NC(=O)c2nc(-c3c(F)cccc3F)sc2N)c1C1CCCO1. The molecule has 1 aromatic carbocycles. The molecule has 3 heterocycles. The molecule has 0 spiro atoms. The van der Waals surface area contributed by atoms with Crippen molar-refractivity contribution in [1.82, 2.24) is 14.8 Å². The van der Waals surface area contributed by atoms with Crippen LogP contribution in [0.5, 0.6) is 0 Å². The van der Waals surface area contributed by atoms with Crippen LogP contribution in [0.25, 0.3) is 10.6 Å². The number of nitrogens with two attached hydrogens (primary N) is 1. The minimum atomic E-state index is -0.770. The maximum Gasteiger partial charge on any atom is 0.277 e. The molecule has 1 aliphatic heterocycles. The second-order valence-electron chi connectivity index (χ2n) is 6.35. The maximum absolute atomic E-state index is 14.0. The summed E-state index contributed by atoms with van der Waals surface area (Å²) in [6.07, 6.45) is 3.13. The number of ether oxygens (including phenoxy) is 1. The summed E-state index contributed by atoms with van der Waals surface area (Å²) in [5.41, 5.74) is 6.75.